The summed E-state index contributed by atoms with van der Waals surface area (Å²) in [5, 5.41) is 9.76. The highest BCUT2D eigenvalue weighted by molar-refractivity contribution is 6.04. The Balaban J connectivity index is 1.57. The molecule has 5 heterocycles. The molecule has 1 amide bonds. The molecule has 3 fully saturated rings. The van der Waals surface area contributed by atoms with Crippen molar-refractivity contribution in [1.29, 1.82) is 0 Å². The van der Waals surface area contributed by atoms with E-state index in [0.29, 0.717) is 12.4 Å². The lowest BCUT2D eigenvalue weighted by Gasteiger charge is -2.44. The first-order chi connectivity index (χ1) is 13.1. The molecule has 0 radical (unpaired) electrons. The van der Waals surface area contributed by atoms with Crippen LogP contribution >= 0.6 is 0 Å². The maximum Gasteiger partial charge on any atom is 0.310 e. The van der Waals surface area contributed by atoms with Gasteiger partial charge in [0.2, 0.25) is 5.91 Å². The van der Waals surface area contributed by atoms with Crippen molar-refractivity contribution in [1.82, 2.24) is 0 Å². The summed E-state index contributed by atoms with van der Waals surface area (Å²) in [6, 6.07) is 5.39. The summed E-state index contributed by atoms with van der Waals surface area (Å²) in [6.45, 7) is 0.612. The lowest BCUT2D eigenvalue weighted by Crippen LogP contribution is -2.53. The second-order valence-electron chi connectivity index (χ2n) is 7.96. The standard InChI is InChI=1S/C20H19NO6/c1-25-9-2-3-12-11(8-9)16-10(5-7-26-16)17-20-6-4-13(27-20)14(19(23)24)15(20)18(22)21(12)17/h2-4,6,8,10,13-17H,5,7H2,1H3,(H,23,24)/t10-,13-,14+,15+,16-,17-,20-/m1/s1. The van der Waals surface area contributed by atoms with Crippen LogP contribution in [0.4, 0.5) is 5.69 Å². The average Bonchev–Trinajstić information content (AvgIpc) is 3.41. The number of benzene rings is 1. The largest absolute Gasteiger partial charge is 0.497 e. The van der Waals surface area contributed by atoms with Gasteiger partial charge in [-0.1, -0.05) is 12.2 Å². The monoisotopic (exact) mass is 369 g/mol. The summed E-state index contributed by atoms with van der Waals surface area (Å²) in [5.41, 5.74) is 0.838. The number of aliphatic carboxylic acids is 1. The van der Waals surface area contributed by atoms with Crippen LogP contribution in [0.5, 0.6) is 5.75 Å². The first-order valence-corrected chi connectivity index (χ1v) is 9.29. The number of ether oxygens (including phenoxy) is 3. The summed E-state index contributed by atoms with van der Waals surface area (Å²) in [4.78, 5) is 27.2. The van der Waals surface area contributed by atoms with Crippen molar-refractivity contribution in [2.24, 2.45) is 17.8 Å². The Hall–Kier alpha value is -2.38. The van der Waals surface area contributed by atoms with E-state index < -0.39 is 29.5 Å². The van der Waals surface area contributed by atoms with E-state index >= 15 is 0 Å². The smallest absolute Gasteiger partial charge is 0.310 e. The zero-order chi connectivity index (χ0) is 18.5. The predicted octanol–water partition coefficient (Wildman–Crippen LogP) is 1.53. The molecule has 1 aromatic carbocycles. The summed E-state index contributed by atoms with van der Waals surface area (Å²) >= 11 is 0. The Labute approximate surface area is 155 Å². The fraction of sp³-hybridized carbons (Fsp3) is 0.500. The van der Waals surface area contributed by atoms with E-state index in [0.717, 1.165) is 17.7 Å². The molecule has 6 rings (SSSR count). The van der Waals surface area contributed by atoms with E-state index in [2.05, 4.69) is 0 Å². The number of nitrogens with zero attached hydrogens (tertiary/aromatic N) is 1. The molecule has 7 heteroatoms. The molecular weight excluding hydrogens is 350 g/mol. The Kier molecular flexibility index (Phi) is 2.85. The molecule has 2 bridgehead atoms. The molecule has 1 spiro atoms. The lowest BCUT2D eigenvalue weighted by atomic mass is 9.70. The van der Waals surface area contributed by atoms with Crippen LogP contribution in [-0.4, -0.2) is 48.4 Å². The van der Waals surface area contributed by atoms with Gasteiger partial charge in [-0.05, 0) is 24.6 Å². The Morgan fingerprint density at radius 3 is 3.04 bits per heavy atom. The molecule has 27 heavy (non-hydrogen) atoms. The topological polar surface area (TPSA) is 85.3 Å². The third-order valence-corrected chi connectivity index (χ3v) is 6.96. The second-order valence-corrected chi connectivity index (χ2v) is 7.96. The van der Waals surface area contributed by atoms with Gasteiger partial charge in [0, 0.05) is 18.1 Å². The molecule has 140 valence electrons. The average molecular weight is 369 g/mol. The second kappa shape index (κ2) is 4.91. The Morgan fingerprint density at radius 2 is 2.26 bits per heavy atom. The first kappa shape index (κ1) is 15.7. The van der Waals surface area contributed by atoms with Crippen molar-refractivity contribution in [3.05, 3.63) is 35.9 Å². The van der Waals surface area contributed by atoms with Crippen LogP contribution in [0.2, 0.25) is 0 Å². The van der Waals surface area contributed by atoms with Gasteiger partial charge in [0.1, 0.15) is 17.3 Å². The molecule has 7 nitrogen and oxygen atoms in total. The van der Waals surface area contributed by atoms with Crippen LogP contribution < -0.4 is 9.64 Å². The van der Waals surface area contributed by atoms with Crippen LogP contribution in [0.15, 0.2) is 30.4 Å². The molecule has 5 aliphatic rings. The van der Waals surface area contributed by atoms with E-state index in [4.69, 9.17) is 14.2 Å². The molecule has 5 aliphatic heterocycles. The SMILES string of the molecule is COc1ccc2c(c1)[C@@H]1OCC[C@H]1[C@H]1N2C(=O)[C@@H]2[C@@H](C(=O)O)[C@H]3C=C[C@@]21O3. The van der Waals surface area contributed by atoms with Gasteiger partial charge >= 0.3 is 5.97 Å². The quantitative estimate of drug-likeness (QED) is 0.796. The molecule has 7 atom stereocenters. The van der Waals surface area contributed by atoms with Crippen LogP contribution in [0, 0.1) is 17.8 Å². The number of hydrogen-bond acceptors (Lipinski definition) is 5. The van der Waals surface area contributed by atoms with Crippen LogP contribution in [0.1, 0.15) is 18.1 Å². The summed E-state index contributed by atoms with van der Waals surface area (Å²) in [5.74, 6) is -1.88. The minimum absolute atomic E-state index is 0.0644. The first-order valence-electron chi connectivity index (χ1n) is 9.29. The van der Waals surface area contributed by atoms with Crippen LogP contribution in [0.3, 0.4) is 0 Å². The summed E-state index contributed by atoms with van der Waals surface area (Å²) in [7, 11) is 1.61. The zero-order valence-electron chi connectivity index (χ0n) is 14.7. The van der Waals surface area contributed by atoms with Crippen molar-refractivity contribution < 1.29 is 28.9 Å². The highest BCUT2D eigenvalue weighted by atomic mass is 16.5. The summed E-state index contributed by atoms with van der Waals surface area (Å²) in [6.07, 6.45) is 3.90. The predicted molar refractivity (Wildman–Crippen MR) is 92.4 cm³/mol. The van der Waals surface area contributed by atoms with E-state index in [9.17, 15) is 14.7 Å². The number of carbonyl (C=O) groups is 2. The lowest BCUT2D eigenvalue weighted by molar-refractivity contribution is -0.146. The highest BCUT2D eigenvalue weighted by Crippen LogP contribution is 2.62. The molecule has 1 N–H and O–H groups in total. The third kappa shape index (κ3) is 1.66. The zero-order valence-corrected chi connectivity index (χ0v) is 14.7. The fourth-order valence-corrected chi connectivity index (χ4v) is 6.02. The van der Waals surface area contributed by atoms with E-state index in [1.807, 2.05) is 30.4 Å². The van der Waals surface area contributed by atoms with Crippen LogP contribution in [0.25, 0.3) is 0 Å². The number of anilines is 1. The number of carboxylic acids is 1. The van der Waals surface area contributed by atoms with Gasteiger partial charge in [0.15, 0.2) is 0 Å². The van der Waals surface area contributed by atoms with Gasteiger partial charge in [0.05, 0.1) is 37.0 Å². The highest BCUT2D eigenvalue weighted by Gasteiger charge is 2.74. The molecule has 0 aliphatic carbocycles. The van der Waals surface area contributed by atoms with Gasteiger partial charge in [-0.3, -0.25) is 9.59 Å². The van der Waals surface area contributed by atoms with Crippen molar-refractivity contribution in [2.45, 2.75) is 30.3 Å². The normalized spacial score (nSPS) is 42.7. The Bertz CT molecular complexity index is 912. The van der Waals surface area contributed by atoms with Gasteiger partial charge in [-0.15, -0.1) is 0 Å². The van der Waals surface area contributed by atoms with E-state index in [-0.39, 0.29) is 24.0 Å². The van der Waals surface area contributed by atoms with Crippen molar-refractivity contribution in [3.8, 4) is 5.75 Å². The van der Waals surface area contributed by atoms with Gasteiger partial charge in [0.25, 0.3) is 0 Å². The maximum absolute atomic E-state index is 13.5. The van der Waals surface area contributed by atoms with Gasteiger partial charge in [-0.2, -0.15) is 0 Å². The minimum atomic E-state index is -0.974. The third-order valence-electron chi connectivity index (χ3n) is 6.96. The van der Waals surface area contributed by atoms with Crippen LogP contribution in [-0.2, 0) is 19.1 Å². The number of amides is 1. The molecule has 0 aromatic heterocycles. The number of hydrogen-bond donors (Lipinski definition) is 1. The van der Waals surface area contributed by atoms with Gasteiger partial charge in [-0.25, -0.2) is 0 Å². The molecule has 0 saturated carbocycles. The number of rotatable bonds is 2. The number of methoxy groups -OCH3 is 1. The van der Waals surface area contributed by atoms with E-state index in [1.54, 1.807) is 12.0 Å². The number of carbonyl (C=O) groups excluding carboxylic acids is 1. The molecular formula is C20H19NO6. The van der Waals surface area contributed by atoms with E-state index in [1.165, 1.54) is 0 Å². The molecule has 3 saturated heterocycles. The maximum atomic E-state index is 13.5. The summed E-state index contributed by atoms with van der Waals surface area (Å²) < 4.78 is 17.7. The van der Waals surface area contributed by atoms with Gasteiger partial charge < -0.3 is 24.2 Å². The number of carboxylic acid groups (broad SMARTS) is 1. The van der Waals surface area contributed by atoms with Crippen molar-refractivity contribution in [2.75, 3.05) is 18.6 Å². The minimum Gasteiger partial charge on any atom is -0.497 e. The van der Waals surface area contributed by atoms with Crippen molar-refractivity contribution in [3.63, 3.8) is 0 Å². The molecule has 0 unspecified atom stereocenters. The fourth-order valence-electron chi connectivity index (χ4n) is 6.02. The number of fused-ring (bicyclic) bond motifs is 7. The Morgan fingerprint density at radius 1 is 1.41 bits per heavy atom. The molecule has 1 aromatic rings. The van der Waals surface area contributed by atoms with Crippen molar-refractivity contribution >= 4 is 17.6 Å².